The normalized spacial score (nSPS) is 13.6. The van der Waals surface area contributed by atoms with Crippen LogP contribution in [0.25, 0.3) is 33.6 Å². The summed E-state index contributed by atoms with van der Waals surface area (Å²) in [4.78, 5) is 16.8. The van der Waals surface area contributed by atoms with Gasteiger partial charge in [-0.05, 0) is 55.5 Å². The Hall–Kier alpha value is -4.49. The molecule has 41 heavy (non-hydrogen) atoms. The lowest BCUT2D eigenvalue weighted by molar-refractivity contribution is -0.146. The van der Waals surface area contributed by atoms with Crippen LogP contribution in [0.15, 0.2) is 89.7 Å². The summed E-state index contributed by atoms with van der Waals surface area (Å²) in [5, 5.41) is 7.59. The standard InChI is InChI=1S/C33H27ClFN3O3/c1-3-40-32(39)33(15-16-33)25-13-11-22(12-14-25)21-7-9-23(10-8-21)31-30(20(2)38-41-31)37-26-17-24(18-36-19-26)27-5-4-6-28(35)29(27)34/h4-14,17-19,37H,3,15-16H2,1-2H3. The van der Waals surface area contributed by atoms with E-state index in [2.05, 4.69) is 15.5 Å². The van der Waals surface area contributed by atoms with Gasteiger partial charge in [-0.3, -0.25) is 9.78 Å². The molecular weight excluding hydrogens is 541 g/mol. The molecule has 1 aliphatic rings. The van der Waals surface area contributed by atoms with Crippen LogP contribution in [0.3, 0.4) is 0 Å². The zero-order chi connectivity index (χ0) is 28.6. The summed E-state index contributed by atoms with van der Waals surface area (Å²) >= 11 is 6.20. The highest BCUT2D eigenvalue weighted by atomic mass is 35.5. The molecule has 2 heterocycles. The summed E-state index contributed by atoms with van der Waals surface area (Å²) in [7, 11) is 0. The van der Waals surface area contributed by atoms with Crippen LogP contribution in [0, 0.1) is 12.7 Å². The average Bonchev–Trinajstić information content (AvgIpc) is 3.74. The number of aryl methyl sites for hydroxylation is 1. The van der Waals surface area contributed by atoms with Gasteiger partial charge in [0.1, 0.15) is 17.2 Å². The number of carbonyl (C=O) groups excluding carboxylic acids is 1. The molecule has 1 aliphatic carbocycles. The first kappa shape index (κ1) is 26.7. The monoisotopic (exact) mass is 567 g/mol. The van der Waals surface area contributed by atoms with E-state index in [1.54, 1.807) is 24.5 Å². The maximum absolute atomic E-state index is 14.0. The van der Waals surface area contributed by atoms with Gasteiger partial charge in [-0.15, -0.1) is 0 Å². The number of pyridine rings is 1. The Morgan fingerprint density at radius 3 is 2.37 bits per heavy atom. The van der Waals surface area contributed by atoms with Crippen molar-refractivity contribution in [2.45, 2.75) is 32.1 Å². The molecule has 0 atom stereocenters. The van der Waals surface area contributed by atoms with Crippen LogP contribution >= 0.6 is 11.6 Å². The summed E-state index contributed by atoms with van der Waals surface area (Å²) in [6.07, 6.45) is 4.96. The van der Waals surface area contributed by atoms with E-state index in [1.165, 1.54) is 6.07 Å². The third-order valence-electron chi connectivity index (χ3n) is 7.47. The number of nitrogens with zero attached hydrogens (tertiary/aromatic N) is 2. The molecule has 6 nitrogen and oxygen atoms in total. The van der Waals surface area contributed by atoms with Gasteiger partial charge in [0.2, 0.25) is 0 Å². The van der Waals surface area contributed by atoms with E-state index in [1.807, 2.05) is 68.4 Å². The van der Waals surface area contributed by atoms with Crippen molar-refractivity contribution in [3.63, 3.8) is 0 Å². The Morgan fingerprint density at radius 1 is 1.00 bits per heavy atom. The predicted octanol–water partition coefficient (Wildman–Crippen LogP) is 8.51. The minimum Gasteiger partial charge on any atom is -0.465 e. The van der Waals surface area contributed by atoms with Crippen LogP contribution in [0.4, 0.5) is 15.8 Å². The van der Waals surface area contributed by atoms with Gasteiger partial charge >= 0.3 is 5.97 Å². The Bertz CT molecular complexity index is 1730. The number of anilines is 2. The Labute approximate surface area is 242 Å². The fourth-order valence-corrected chi connectivity index (χ4v) is 5.28. The average molecular weight is 568 g/mol. The lowest BCUT2D eigenvalue weighted by Gasteiger charge is -2.14. The third kappa shape index (κ3) is 5.09. The highest BCUT2D eigenvalue weighted by Crippen LogP contribution is 2.49. The maximum atomic E-state index is 14.0. The summed E-state index contributed by atoms with van der Waals surface area (Å²) in [5.74, 6) is -0.0320. The van der Waals surface area contributed by atoms with E-state index in [0.29, 0.717) is 40.6 Å². The number of benzene rings is 3. The van der Waals surface area contributed by atoms with Gasteiger partial charge in [-0.25, -0.2) is 4.39 Å². The SMILES string of the molecule is CCOC(=O)C1(c2ccc(-c3ccc(-c4onc(C)c4Nc4cncc(-c5cccc(F)c5Cl)c4)cc3)cc2)CC1. The highest BCUT2D eigenvalue weighted by Gasteiger charge is 2.52. The Balaban J connectivity index is 1.22. The van der Waals surface area contributed by atoms with Gasteiger partial charge in [-0.1, -0.05) is 77.4 Å². The molecule has 0 spiro atoms. The maximum Gasteiger partial charge on any atom is 0.316 e. The number of hydrogen-bond donors (Lipinski definition) is 1. The molecule has 0 amide bonds. The molecule has 0 saturated heterocycles. The Morgan fingerprint density at radius 2 is 1.68 bits per heavy atom. The molecule has 1 fully saturated rings. The number of halogens is 2. The quantitative estimate of drug-likeness (QED) is 0.189. The van der Waals surface area contributed by atoms with Gasteiger partial charge < -0.3 is 14.6 Å². The molecule has 2 aromatic heterocycles. The van der Waals surface area contributed by atoms with Crippen molar-refractivity contribution in [1.29, 1.82) is 0 Å². The van der Waals surface area contributed by atoms with Crippen molar-refractivity contribution < 1.29 is 18.4 Å². The largest absolute Gasteiger partial charge is 0.465 e. The molecule has 0 bridgehead atoms. The predicted molar refractivity (Wildman–Crippen MR) is 158 cm³/mol. The second-order valence-electron chi connectivity index (χ2n) is 10.1. The number of esters is 1. The van der Waals surface area contributed by atoms with Crippen LogP contribution in [-0.2, 0) is 14.9 Å². The van der Waals surface area contributed by atoms with E-state index < -0.39 is 11.2 Å². The van der Waals surface area contributed by atoms with Crippen molar-refractivity contribution in [3.05, 3.63) is 107 Å². The van der Waals surface area contributed by atoms with Gasteiger partial charge in [0.25, 0.3) is 0 Å². The van der Waals surface area contributed by atoms with Crippen molar-refractivity contribution in [1.82, 2.24) is 10.1 Å². The minimum atomic E-state index is -0.484. The zero-order valence-corrected chi connectivity index (χ0v) is 23.3. The molecule has 0 unspecified atom stereocenters. The van der Waals surface area contributed by atoms with Crippen LogP contribution in [-0.4, -0.2) is 22.7 Å². The molecular formula is C33H27ClFN3O3. The first-order chi connectivity index (χ1) is 19.9. The van der Waals surface area contributed by atoms with Crippen LogP contribution in [0.5, 0.6) is 0 Å². The molecule has 0 radical (unpaired) electrons. The van der Waals surface area contributed by atoms with Gasteiger partial charge in [0.15, 0.2) is 5.76 Å². The van der Waals surface area contributed by atoms with Crippen molar-refractivity contribution in [3.8, 4) is 33.6 Å². The van der Waals surface area contributed by atoms with E-state index in [4.69, 9.17) is 20.9 Å². The molecule has 0 aliphatic heterocycles. The minimum absolute atomic E-state index is 0.0501. The number of aromatic nitrogens is 2. The van der Waals surface area contributed by atoms with Crippen LogP contribution < -0.4 is 5.32 Å². The number of nitrogens with one attached hydrogen (secondary N) is 1. The molecule has 1 N–H and O–H groups in total. The molecule has 8 heteroatoms. The fourth-order valence-electron chi connectivity index (χ4n) is 5.04. The highest BCUT2D eigenvalue weighted by molar-refractivity contribution is 6.33. The van der Waals surface area contributed by atoms with Crippen LogP contribution in [0.1, 0.15) is 31.0 Å². The zero-order valence-electron chi connectivity index (χ0n) is 22.6. The lowest BCUT2D eigenvalue weighted by atomic mass is 9.93. The van der Waals surface area contributed by atoms with Crippen LogP contribution in [0.2, 0.25) is 5.02 Å². The number of ether oxygens (including phenoxy) is 1. The van der Waals surface area contributed by atoms with E-state index in [9.17, 15) is 9.18 Å². The van der Waals surface area contributed by atoms with Crippen molar-refractivity contribution in [2.24, 2.45) is 0 Å². The molecule has 206 valence electrons. The van der Waals surface area contributed by atoms with Gasteiger partial charge in [-0.2, -0.15) is 0 Å². The fraction of sp³-hybridized carbons (Fsp3) is 0.182. The van der Waals surface area contributed by atoms with Crippen molar-refractivity contribution >= 4 is 28.9 Å². The number of hydrogen-bond acceptors (Lipinski definition) is 6. The summed E-state index contributed by atoms with van der Waals surface area (Å²) in [6, 6.07) is 22.7. The molecule has 3 aromatic carbocycles. The van der Waals surface area contributed by atoms with E-state index >= 15 is 0 Å². The first-order valence-electron chi connectivity index (χ1n) is 13.4. The van der Waals surface area contributed by atoms with Gasteiger partial charge in [0.05, 0.1) is 28.9 Å². The van der Waals surface area contributed by atoms with Gasteiger partial charge in [0, 0.05) is 22.9 Å². The molecule has 5 aromatic rings. The topological polar surface area (TPSA) is 77.2 Å². The lowest BCUT2D eigenvalue weighted by Crippen LogP contribution is -2.23. The molecule has 1 saturated carbocycles. The summed E-state index contributed by atoms with van der Waals surface area (Å²) in [5.41, 5.74) is 6.77. The summed E-state index contributed by atoms with van der Waals surface area (Å²) in [6.45, 7) is 4.08. The first-order valence-corrected chi connectivity index (χ1v) is 13.8. The van der Waals surface area contributed by atoms with E-state index in [0.717, 1.165) is 35.1 Å². The van der Waals surface area contributed by atoms with Crippen molar-refractivity contribution in [2.75, 3.05) is 11.9 Å². The molecule has 6 rings (SSSR count). The smallest absolute Gasteiger partial charge is 0.316 e. The number of carbonyl (C=O) groups is 1. The second-order valence-corrected chi connectivity index (χ2v) is 10.5. The summed E-state index contributed by atoms with van der Waals surface area (Å²) < 4.78 is 25.0. The van der Waals surface area contributed by atoms with E-state index in [-0.39, 0.29) is 11.0 Å². The number of rotatable bonds is 8. The Kier molecular flexibility index (Phi) is 7.05. The second kappa shape index (κ2) is 10.8. The third-order valence-corrected chi connectivity index (χ3v) is 7.85.